The molecule has 0 spiro atoms. The van der Waals surface area contributed by atoms with E-state index in [1.54, 1.807) is 18.1 Å². The summed E-state index contributed by atoms with van der Waals surface area (Å²) in [5.41, 5.74) is 2.63. The maximum Gasteiger partial charge on any atom is 0.230 e. The number of ether oxygens (including phenoxy) is 1. The van der Waals surface area contributed by atoms with Gasteiger partial charge in [-0.05, 0) is 18.6 Å². The van der Waals surface area contributed by atoms with Crippen LogP contribution in [0.15, 0.2) is 46.2 Å². The first-order chi connectivity index (χ1) is 14.6. The van der Waals surface area contributed by atoms with Gasteiger partial charge in [0.15, 0.2) is 5.13 Å². The molecule has 0 aliphatic carbocycles. The number of amides is 2. The Balaban J connectivity index is 1.37. The second kappa shape index (κ2) is 7.46. The Bertz CT molecular complexity index is 1280. The van der Waals surface area contributed by atoms with Gasteiger partial charge >= 0.3 is 0 Å². The standard InChI is InChI=1S/C22H19N3O4S/c1-28-19-10-15-14-5-2-3-6-17(14)29-18(15)11-16(19)24-20(26)9-13-12-30-22(23-13)25-8-4-7-21(25)27/h2-3,5-6,10-12H,4,7-9H2,1H3,(H,24,26). The number of hydrogen-bond donors (Lipinski definition) is 1. The molecule has 0 saturated carbocycles. The van der Waals surface area contributed by atoms with Gasteiger partial charge in [-0.15, -0.1) is 11.3 Å². The van der Waals surface area contributed by atoms with Crippen molar-refractivity contribution in [2.24, 2.45) is 0 Å². The minimum Gasteiger partial charge on any atom is -0.495 e. The van der Waals surface area contributed by atoms with Gasteiger partial charge in [0.25, 0.3) is 0 Å². The topological polar surface area (TPSA) is 84.7 Å². The lowest BCUT2D eigenvalue weighted by molar-refractivity contribution is -0.117. The van der Waals surface area contributed by atoms with Crippen molar-refractivity contribution in [3.05, 3.63) is 47.5 Å². The molecule has 1 aliphatic heterocycles. The van der Waals surface area contributed by atoms with Gasteiger partial charge in [-0.1, -0.05) is 18.2 Å². The van der Waals surface area contributed by atoms with Gasteiger partial charge in [-0.2, -0.15) is 0 Å². The number of anilines is 2. The zero-order valence-corrected chi connectivity index (χ0v) is 17.1. The third-order valence-corrected chi connectivity index (χ3v) is 6.07. The molecule has 4 aromatic rings. The molecule has 2 aromatic carbocycles. The molecule has 3 heterocycles. The minimum atomic E-state index is -0.214. The summed E-state index contributed by atoms with van der Waals surface area (Å²) in [6.45, 7) is 0.687. The number of aromatic nitrogens is 1. The molecular formula is C22H19N3O4S. The van der Waals surface area contributed by atoms with E-state index in [1.165, 1.54) is 11.3 Å². The SMILES string of the molecule is COc1cc2c(cc1NC(=O)Cc1csc(N3CCCC3=O)n1)oc1ccccc12. The van der Waals surface area contributed by atoms with Crippen molar-refractivity contribution in [1.29, 1.82) is 0 Å². The normalized spacial score (nSPS) is 14.0. The van der Waals surface area contributed by atoms with E-state index in [2.05, 4.69) is 10.3 Å². The number of para-hydroxylation sites is 1. The fourth-order valence-corrected chi connectivity index (χ4v) is 4.60. The molecule has 2 aromatic heterocycles. The molecule has 1 aliphatic rings. The van der Waals surface area contributed by atoms with Gasteiger partial charge in [0.05, 0.1) is 24.9 Å². The summed E-state index contributed by atoms with van der Waals surface area (Å²) < 4.78 is 11.4. The molecule has 1 N–H and O–H groups in total. The smallest absolute Gasteiger partial charge is 0.230 e. The Morgan fingerprint density at radius 2 is 2.13 bits per heavy atom. The highest BCUT2D eigenvalue weighted by atomic mass is 32.1. The Kier molecular flexibility index (Phi) is 4.63. The summed E-state index contributed by atoms with van der Waals surface area (Å²) in [6.07, 6.45) is 1.51. The van der Waals surface area contributed by atoms with E-state index in [0.717, 1.165) is 22.8 Å². The third kappa shape index (κ3) is 3.29. The van der Waals surface area contributed by atoms with Crippen LogP contribution in [0, 0.1) is 0 Å². The van der Waals surface area contributed by atoms with Crippen LogP contribution in [-0.2, 0) is 16.0 Å². The number of rotatable bonds is 5. The van der Waals surface area contributed by atoms with Crippen molar-refractivity contribution in [3.8, 4) is 5.75 Å². The summed E-state index contributed by atoms with van der Waals surface area (Å²) in [4.78, 5) is 30.7. The summed E-state index contributed by atoms with van der Waals surface area (Å²) in [7, 11) is 1.57. The van der Waals surface area contributed by atoms with Crippen molar-refractivity contribution in [1.82, 2.24) is 4.98 Å². The highest BCUT2D eigenvalue weighted by Gasteiger charge is 2.24. The number of fused-ring (bicyclic) bond motifs is 3. The highest BCUT2D eigenvalue weighted by Crippen LogP contribution is 2.36. The fraction of sp³-hybridized carbons (Fsp3) is 0.227. The van der Waals surface area contributed by atoms with Crippen LogP contribution in [0.2, 0.25) is 0 Å². The predicted molar refractivity (Wildman–Crippen MR) is 116 cm³/mol. The third-order valence-electron chi connectivity index (χ3n) is 5.16. The van der Waals surface area contributed by atoms with Gasteiger partial charge in [0.1, 0.15) is 16.9 Å². The van der Waals surface area contributed by atoms with E-state index in [1.807, 2.05) is 35.7 Å². The number of carbonyl (C=O) groups is 2. The van der Waals surface area contributed by atoms with Crippen molar-refractivity contribution in [2.45, 2.75) is 19.3 Å². The van der Waals surface area contributed by atoms with E-state index < -0.39 is 0 Å². The summed E-state index contributed by atoms with van der Waals surface area (Å²) in [5, 5.41) is 7.29. The largest absolute Gasteiger partial charge is 0.495 e. The molecule has 8 heteroatoms. The Morgan fingerprint density at radius 1 is 1.27 bits per heavy atom. The maximum atomic E-state index is 12.6. The second-order valence-corrected chi connectivity index (χ2v) is 7.98. The van der Waals surface area contributed by atoms with Crippen LogP contribution < -0.4 is 15.0 Å². The molecular weight excluding hydrogens is 402 g/mol. The molecule has 1 fully saturated rings. The highest BCUT2D eigenvalue weighted by molar-refractivity contribution is 7.14. The van der Waals surface area contributed by atoms with Crippen LogP contribution in [-0.4, -0.2) is 30.5 Å². The Morgan fingerprint density at radius 3 is 2.93 bits per heavy atom. The van der Waals surface area contributed by atoms with E-state index in [-0.39, 0.29) is 18.2 Å². The molecule has 152 valence electrons. The first-order valence-electron chi connectivity index (χ1n) is 9.66. The van der Waals surface area contributed by atoms with Crippen LogP contribution in [0.25, 0.3) is 21.9 Å². The van der Waals surface area contributed by atoms with Crippen molar-refractivity contribution in [3.63, 3.8) is 0 Å². The molecule has 1 saturated heterocycles. The summed E-state index contributed by atoms with van der Waals surface area (Å²) in [6, 6.07) is 11.4. The first kappa shape index (κ1) is 18.6. The number of methoxy groups -OCH3 is 1. The lowest BCUT2D eigenvalue weighted by Gasteiger charge is -2.11. The zero-order chi connectivity index (χ0) is 20.7. The number of nitrogens with one attached hydrogen (secondary N) is 1. The lowest BCUT2D eigenvalue weighted by atomic mass is 10.1. The number of furan rings is 1. The van der Waals surface area contributed by atoms with Gasteiger partial charge in [-0.25, -0.2) is 4.98 Å². The van der Waals surface area contributed by atoms with Gasteiger partial charge in [0.2, 0.25) is 11.8 Å². The van der Waals surface area contributed by atoms with Crippen molar-refractivity contribution >= 4 is 55.9 Å². The molecule has 0 bridgehead atoms. The van der Waals surface area contributed by atoms with E-state index in [4.69, 9.17) is 9.15 Å². The molecule has 0 unspecified atom stereocenters. The molecule has 2 amide bonds. The van der Waals surface area contributed by atoms with E-state index in [0.29, 0.717) is 40.8 Å². The first-order valence-corrected chi connectivity index (χ1v) is 10.5. The second-order valence-electron chi connectivity index (χ2n) is 7.14. The number of hydrogen-bond acceptors (Lipinski definition) is 6. The molecule has 5 rings (SSSR count). The molecule has 7 nitrogen and oxygen atoms in total. The summed E-state index contributed by atoms with van der Waals surface area (Å²) >= 11 is 1.39. The van der Waals surface area contributed by atoms with Crippen LogP contribution in [0.3, 0.4) is 0 Å². The average Bonchev–Trinajstić information content (AvgIpc) is 3.45. The van der Waals surface area contributed by atoms with Crippen molar-refractivity contribution in [2.75, 3.05) is 23.9 Å². The number of nitrogens with zero attached hydrogens (tertiary/aromatic N) is 2. The van der Waals surface area contributed by atoms with Gasteiger partial charge in [-0.3, -0.25) is 14.5 Å². The number of carbonyl (C=O) groups excluding carboxylic acids is 2. The zero-order valence-electron chi connectivity index (χ0n) is 16.3. The monoisotopic (exact) mass is 421 g/mol. The van der Waals surface area contributed by atoms with E-state index in [9.17, 15) is 9.59 Å². The minimum absolute atomic E-state index is 0.0872. The van der Waals surface area contributed by atoms with Crippen LogP contribution in [0.4, 0.5) is 10.8 Å². The molecule has 0 atom stereocenters. The van der Waals surface area contributed by atoms with Crippen molar-refractivity contribution < 1.29 is 18.7 Å². The van der Waals surface area contributed by atoms with Crippen LogP contribution in [0.5, 0.6) is 5.75 Å². The lowest BCUT2D eigenvalue weighted by Crippen LogP contribution is -2.23. The molecule has 30 heavy (non-hydrogen) atoms. The predicted octanol–water partition coefficient (Wildman–Crippen LogP) is 4.36. The summed E-state index contributed by atoms with van der Waals surface area (Å²) in [5.74, 6) is 0.432. The van der Waals surface area contributed by atoms with E-state index >= 15 is 0 Å². The Hall–Kier alpha value is -3.39. The quantitative estimate of drug-likeness (QED) is 0.518. The van der Waals surface area contributed by atoms with Gasteiger partial charge in [0, 0.05) is 35.2 Å². The number of thiazole rings is 1. The number of benzene rings is 2. The average molecular weight is 421 g/mol. The van der Waals surface area contributed by atoms with Crippen LogP contribution >= 0.6 is 11.3 Å². The van der Waals surface area contributed by atoms with Crippen LogP contribution in [0.1, 0.15) is 18.5 Å². The maximum absolute atomic E-state index is 12.6. The van der Waals surface area contributed by atoms with Gasteiger partial charge < -0.3 is 14.5 Å². The fourth-order valence-electron chi connectivity index (χ4n) is 3.73. The Labute approximate surface area is 176 Å². The molecule has 0 radical (unpaired) electrons.